The van der Waals surface area contributed by atoms with Crippen LogP contribution in [0.5, 0.6) is 0 Å². The first-order valence-electron chi connectivity index (χ1n) is 6.44. The molecule has 0 aliphatic carbocycles. The van der Waals surface area contributed by atoms with Crippen molar-refractivity contribution in [3.8, 4) is 0 Å². The first kappa shape index (κ1) is 15.3. The van der Waals surface area contributed by atoms with Gasteiger partial charge in [0.05, 0.1) is 0 Å². The third-order valence-corrected chi connectivity index (χ3v) is 4.42. The van der Waals surface area contributed by atoms with Crippen molar-refractivity contribution in [2.75, 3.05) is 7.05 Å². The zero-order chi connectivity index (χ0) is 14.7. The molecular weight excluding hydrogens is 290 g/mol. The molecule has 0 amide bonds. The molecule has 2 aromatic rings. The molecule has 20 heavy (non-hydrogen) atoms. The van der Waals surface area contributed by atoms with Crippen molar-refractivity contribution in [1.29, 1.82) is 0 Å². The lowest BCUT2D eigenvalue weighted by Crippen LogP contribution is -2.05. The van der Waals surface area contributed by atoms with Crippen LogP contribution in [0.4, 0.5) is 0 Å². The molecule has 1 aromatic carbocycles. The van der Waals surface area contributed by atoms with E-state index in [9.17, 15) is 0 Å². The fourth-order valence-corrected chi connectivity index (χ4v) is 3.02. The number of halogens is 1. The monoisotopic (exact) mass is 307 g/mol. The summed E-state index contributed by atoms with van der Waals surface area (Å²) in [5.41, 5.74) is 4.29. The molecule has 0 unspecified atom stereocenters. The summed E-state index contributed by atoms with van der Waals surface area (Å²) in [7, 11) is 1.91. The van der Waals surface area contributed by atoms with Gasteiger partial charge in [-0.2, -0.15) is 0 Å². The molecule has 0 saturated heterocycles. The fraction of sp³-hybridized carbons (Fsp3) is 0.333. The van der Waals surface area contributed by atoms with Crippen molar-refractivity contribution in [3.63, 3.8) is 0 Å². The number of nitrogens with zero attached hydrogens (tertiary/aromatic N) is 2. The van der Waals surface area contributed by atoms with E-state index in [-0.39, 0.29) is 0 Å². The zero-order valence-electron chi connectivity index (χ0n) is 12.1. The highest BCUT2D eigenvalue weighted by atomic mass is 35.5. The Labute approximate surface area is 129 Å². The van der Waals surface area contributed by atoms with E-state index < -0.39 is 0 Å². The largest absolute Gasteiger partial charge is 0.316 e. The number of rotatable bonds is 4. The van der Waals surface area contributed by atoms with Gasteiger partial charge in [-0.05, 0) is 62.8 Å². The molecular formula is C15H18ClN3S. The summed E-state index contributed by atoms with van der Waals surface area (Å²) in [6.45, 7) is 6.83. The average Bonchev–Trinajstić information content (AvgIpc) is 2.39. The van der Waals surface area contributed by atoms with Crippen LogP contribution in [-0.4, -0.2) is 17.0 Å². The molecule has 1 N–H and O–H groups in total. The van der Waals surface area contributed by atoms with E-state index in [0.717, 1.165) is 44.1 Å². The van der Waals surface area contributed by atoms with Crippen LogP contribution in [0.25, 0.3) is 0 Å². The van der Waals surface area contributed by atoms with Gasteiger partial charge in [-0.15, -0.1) is 0 Å². The van der Waals surface area contributed by atoms with Crippen molar-refractivity contribution in [2.45, 2.75) is 37.4 Å². The average molecular weight is 308 g/mol. The first-order valence-corrected chi connectivity index (χ1v) is 7.63. The summed E-state index contributed by atoms with van der Waals surface area (Å²) in [6.07, 6.45) is 0. The summed E-state index contributed by atoms with van der Waals surface area (Å²) >= 11 is 7.81. The minimum Gasteiger partial charge on any atom is -0.316 e. The molecule has 0 atom stereocenters. The number of hydrogen-bond acceptors (Lipinski definition) is 4. The minimum absolute atomic E-state index is 0.767. The van der Waals surface area contributed by atoms with Gasteiger partial charge in [0, 0.05) is 27.9 Å². The highest BCUT2D eigenvalue weighted by molar-refractivity contribution is 7.99. The normalized spacial score (nSPS) is 10.8. The first-order chi connectivity index (χ1) is 9.51. The van der Waals surface area contributed by atoms with Gasteiger partial charge in [0.2, 0.25) is 0 Å². The maximum absolute atomic E-state index is 6.27. The molecule has 0 radical (unpaired) electrons. The van der Waals surface area contributed by atoms with Crippen LogP contribution in [0.3, 0.4) is 0 Å². The number of hydrogen-bond donors (Lipinski definition) is 1. The third-order valence-electron chi connectivity index (χ3n) is 3.21. The van der Waals surface area contributed by atoms with Crippen molar-refractivity contribution < 1.29 is 0 Å². The molecule has 106 valence electrons. The molecule has 5 heteroatoms. The number of aryl methyl sites for hydroxylation is 2. The molecule has 0 aliphatic heterocycles. The Bertz CT molecular complexity index is 606. The molecule has 0 spiro atoms. The lowest BCUT2D eigenvalue weighted by molar-refractivity contribution is 0.817. The molecule has 3 nitrogen and oxygen atoms in total. The van der Waals surface area contributed by atoms with E-state index >= 15 is 0 Å². The topological polar surface area (TPSA) is 37.8 Å². The lowest BCUT2D eigenvalue weighted by Gasteiger charge is -2.08. The summed E-state index contributed by atoms with van der Waals surface area (Å²) in [4.78, 5) is 10.1. The third kappa shape index (κ3) is 3.51. The Kier molecular flexibility index (Phi) is 5.02. The number of aromatic nitrogens is 2. The van der Waals surface area contributed by atoms with Crippen molar-refractivity contribution in [3.05, 3.63) is 45.7 Å². The molecule has 2 rings (SSSR count). The van der Waals surface area contributed by atoms with Gasteiger partial charge in [0.1, 0.15) is 0 Å². The Morgan fingerprint density at radius 1 is 1.15 bits per heavy atom. The lowest BCUT2D eigenvalue weighted by atomic mass is 10.2. The van der Waals surface area contributed by atoms with E-state index in [2.05, 4.69) is 21.4 Å². The predicted molar refractivity (Wildman–Crippen MR) is 84.6 cm³/mol. The number of benzene rings is 1. The molecule has 0 aliphatic rings. The van der Waals surface area contributed by atoms with Crippen LogP contribution in [0.1, 0.15) is 22.5 Å². The second-order valence-electron chi connectivity index (χ2n) is 4.69. The van der Waals surface area contributed by atoms with Gasteiger partial charge in [-0.25, -0.2) is 9.97 Å². The molecule has 1 aromatic heterocycles. The van der Waals surface area contributed by atoms with Gasteiger partial charge < -0.3 is 5.32 Å². The van der Waals surface area contributed by atoms with E-state index in [1.54, 1.807) is 0 Å². The summed E-state index contributed by atoms with van der Waals surface area (Å²) in [6, 6.07) is 6.05. The molecule has 0 bridgehead atoms. The second kappa shape index (κ2) is 6.57. The van der Waals surface area contributed by atoms with E-state index in [4.69, 9.17) is 11.6 Å². The molecule has 0 fully saturated rings. The Morgan fingerprint density at radius 2 is 1.80 bits per heavy atom. The zero-order valence-corrected chi connectivity index (χ0v) is 13.7. The van der Waals surface area contributed by atoms with Gasteiger partial charge in [0.25, 0.3) is 0 Å². The smallest absolute Gasteiger partial charge is 0.192 e. The summed E-state index contributed by atoms with van der Waals surface area (Å²) < 4.78 is 0. The van der Waals surface area contributed by atoms with Gasteiger partial charge in [-0.3, -0.25) is 0 Å². The Balaban J connectivity index is 2.24. The van der Waals surface area contributed by atoms with Crippen LogP contribution in [0.15, 0.2) is 28.3 Å². The van der Waals surface area contributed by atoms with Crippen molar-refractivity contribution in [1.82, 2.24) is 15.3 Å². The van der Waals surface area contributed by atoms with E-state index in [1.807, 2.05) is 40.0 Å². The Hall–Kier alpha value is -1.10. The SMILES string of the molecule is CNCc1ccc(Sc2nc(C)c(C)c(C)n2)cc1Cl. The predicted octanol–water partition coefficient (Wildman–Crippen LogP) is 3.93. The second-order valence-corrected chi connectivity index (χ2v) is 6.14. The van der Waals surface area contributed by atoms with E-state index in [1.165, 1.54) is 11.8 Å². The van der Waals surface area contributed by atoms with Crippen LogP contribution in [-0.2, 0) is 6.54 Å². The highest BCUT2D eigenvalue weighted by Gasteiger charge is 2.08. The fourth-order valence-electron chi connectivity index (χ4n) is 1.82. The Morgan fingerprint density at radius 3 is 2.35 bits per heavy atom. The van der Waals surface area contributed by atoms with Crippen LogP contribution in [0, 0.1) is 20.8 Å². The summed E-state index contributed by atoms with van der Waals surface area (Å²) in [5.74, 6) is 0. The summed E-state index contributed by atoms with van der Waals surface area (Å²) in [5, 5.41) is 4.63. The maximum atomic E-state index is 6.27. The minimum atomic E-state index is 0.767. The quantitative estimate of drug-likeness (QED) is 0.869. The standard InChI is InChI=1S/C15H18ClN3S/c1-9-10(2)18-15(19-11(9)3)20-13-6-5-12(8-17-4)14(16)7-13/h5-7,17H,8H2,1-4H3. The van der Waals surface area contributed by atoms with Crippen molar-refractivity contribution in [2.24, 2.45) is 0 Å². The molecule has 1 heterocycles. The number of nitrogens with one attached hydrogen (secondary N) is 1. The van der Waals surface area contributed by atoms with E-state index in [0.29, 0.717) is 0 Å². The van der Waals surface area contributed by atoms with Crippen molar-refractivity contribution >= 4 is 23.4 Å². The van der Waals surface area contributed by atoms with Gasteiger partial charge >= 0.3 is 0 Å². The van der Waals surface area contributed by atoms with Gasteiger partial charge in [0.15, 0.2) is 5.16 Å². The van der Waals surface area contributed by atoms with Crippen LogP contribution in [0.2, 0.25) is 5.02 Å². The van der Waals surface area contributed by atoms with Crippen LogP contribution < -0.4 is 5.32 Å². The highest BCUT2D eigenvalue weighted by Crippen LogP contribution is 2.29. The van der Waals surface area contributed by atoms with Gasteiger partial charge in [-0.1, -0.05) is 17.7 Å². The molecule has 0 saturated carbocycles. The maximum Gasteiger partial charge on any atom is 0.192 e. The van der Waals surface area contributed by atoms with Crippen LogP contribution >= 0.6 is 23.4 Å².